The summed E-state index contributed by atoms with van der Waals surface area (Å²) in [5.41, 5.74) is 16.2. The molecule has 0 unspecified atom stereocenters. The Balaban J connectivity index is 1.52. The van der Waals surface area contributed by atoms with Gasteiger partial charge in [0, 0.05) is 32.7 Å². The summed E-state index contributed by atoms with van der Waals surface area (Å²) < 4.78 is 4.75. The first kappa shape index (κ1) is 31.1. The maximum Gasteiger partial charge on any atom is 0.0991 e. The van der Waals surface area contributed by atoms with Gasteiger partial charge in [0.25, 0.3) is 0 Å². The molecule has 9 aromatic rings. The monoisotopic (exact) mass is 666 g/mol. The van der Waals surface area contributed by atoms with Gasteiger partial charge in [0.1, 0.15) is 0 Å². The van der Waals surface area contributed by atoms with Gasteiger partial charge in [-0.2, -0.15) is 10.5 Å². The quantitative estimate of drug-likeness (QED) is 0.188. The first-order valence-electron chi connectivity index (χ1n) is 17.5. The molecule has 0 N–H and O–H groups in total. The lowest BCUT2D eigenvalue weighted by Gasteiger charge is -2.23. The number of nitrogens with zero attached hydrogens (tertiary/aromatic N) is 4. The minimum Gasteiger partial charge on any atom is -0.309 e. The van der Waals surface area contributed by atoms with Crippen LogP contribution in [0.3, 0.4) is 0 Å². The van der Waals surface area contributed by atoms with Crippen LogP contribution in [0.25, 0.3) is 77.2 Å². The number of rotatable bonds is 4. The fourth-order valence-corrected chi connectivity index (χ4v) is 8.05. The van der Waals surface area contributed by atoms with Gasteiger partial charge in [-0.3, -0.25) is 0 Å². The average Bonchev–Trinajstić information content (AvgIpc) is 3.65. The number of hydrogen-bond acceptors (Lipinski definition) is 2. The van der Waals surface area contributed by atoms with E-state index in [1.807, 2.05) is 36.4 Å². The second-order valence-corrected chi connectivity index (χ2v) is 14.0. The van der Waals surface area contributed by atoms with E-state index in [1.165, 1.54) is 43.8 Å². The van der Waals surface area contributed by atoms with Gasteiger partial charge in [-0.25, -0.2) is 0 Å². The van der Waals surface area contributed by atoms with Crippen molar-refractivity contribution < 1.29 is 0 Å². The number of benzene rings is 7. The fraction of sp³-hybridized carbons (Fsp3) is 0.0833. The van der Waals surface area contributed by atoms with Crippen LogP contribution >= 0.6 is 0 Å². The molecule has 0 saturated carbocycles. The lowest BCUT2D eigenvalue weighted by molar-refractivity contribution is 1.15. The van der Waals surface area contributed by atoms with E-state index >= 15 is 0 Å². The summed E-state index contributed by atoms with van der Waals surface area (Å²) in [7, 11) is 0. The Morgan fingerprint density at radius 2 is 0.712 bits per heavy atom. The highest BCUT2D eigenvalue weighted by Crippen LogP contribution is 2.46. The summed E-state index contributed by atoms with van der Waals surface area (Å²) in [6.07, 6.45) is 0. The average molecular weight is 667 g/mol. The summed E-state index contributed by atoms with van der Waals surface area (Å²) >= 11 is 0. The molecule has 0 amide bonds. The van der Waals surface area contributed by atoms with E-state index < -0.39 is 0 Å². The summed E-state index contributed by atoms with van der Waals surface area (Å²) in [6, 6.07) is 51.7. The molecule has 0 bridgehead atoms. The topological polar surface area (TPSA) is 57.4 Å². The van der Waals surface area contributed by atoms with Gasteiger partial charge in [0.15, 0.2) is 0 Å². The van der Waals surface area contributed by atoms with Crippen molar-refractivity contribution in [1.82, 2.24) is 9.13 Å². The molecule has 0 atom stereocenters. The molecule has 0 spiro atoms. The molecule has 52 heavy (non-hydrogen) atoms. The second kappa shape index (κ2) is 11.9. The van der Waals surface area contributed by atoms with Gasteiger partial charge in [0.2, 0.25) is 0 Å². The zero-order valence-corrected chi connectivity index (χ0v) is 29.5. The molecule has 0 radical (unpaired) electrons. The van der Waals surface area contributed by atoms with Gasteiger partial charge >= 0.3 is 0 Å². The van der Waals surface area contributed by atoms with Gasteiger partial charge < -0.3 is 9.13 Å². The zero-order valence-electron chi connectivity index (χ0n) is 29.5. The van der Waals surface area contributed by atoms with Crippen LogP contribution in [0.1, 0.15) is 33.4 Å². The first-order valence-corrected chi connectivity index (χ1v) is 17.5. The molecule has 7 aromatic carbocycles. The van der Waals surface area contributed by atoms with Crippen molar-refractivity contribution in [2.75, 3.05) is 0 Å². The van der Waals surface area contributed by atoms with Crippen LogP contribution in [0.5, 0.6) is 0 Å². The minimum absolute atomic E-state index is 0.585. The smallest absolute Gasteiger partial charge is 0.0991 e. The van der Waals surface area contributed by atoms with Crippen molar-refractivity contribution in [3.63, 3.8) is 0 Å². The van der Waals surface area contributed by atoms with E-state index in [2.05, 4.69) is 146 Å². The Bertz CT molecular complexity index is 2700. The number of hydrogen-bond donors (Lipinski definition) is 0. The fourth-order valence-electron chi connectivity index (χ4n) is 8.05. The SMILES string of the molecule is Cc1ccc2c(c1)c1cc(C)ccc1n2-c1ccc(-n2c3ccc(C)cc3c3cc(C)ccc32)c(-c2cccc(C#N)c2)c1-c1cccc(C#N)c1. The zero-order chi connectivity index (χ0) is 35.7. The van der Waals surface area contributed by atoms with Gasteiger partial charge in [0.05, 0.1) is 56.7 Å². The molecule has 0 saturated heterocycles. The predicted molar refractivity (Wildman–Crippen MR) is 214 cm³/mol. The first-order chi connectivity index (χ1) is 25.3. The van der Waals surface area contributed by atoms with E-state index in [-0.39, 0.29) is 0 Å². The third kappa shape index (κ3) is 4.81. The molecule has 0 aliphatic carbocycles. The van der Waals surface area contributed by atoms with Gasteiger partial charge in [-0.15, -0.1) is 0 Å². The number of nitriles is 2. The lowest BCUT2D eigenvalue weighted by atomic mass is 9.89. The molecular weight excluding hydrogens is 633 g/mol. The second-order valence-electron chi connectivity index (χ2n) is 14.0. The van der Waals surface area contributed by atoms with Crippen molar-refractivity contribution in [3.05, 3.63) is 167 Å². The third-order valence-electron chi connectivity index (χ3n) is 10.4. The van der Waals surface area contributed by atoms with Crippen LogP contribution in [0.2, 0.25) is 0 Å². The number of aromatic nitrogens is 2. The van der Waals surface area contributed by atoms with Crippen molar-refractivity contribution in [1.29, 1.82) is 10.5 Å². The Kier molecular flexibility index (Phi) is 7.11. The van der Waals surface area contributed by atoms with E-state index in [0.29, 0.717) is 11.1 Å². The predicted octanol–water partition coefficient (Wildman–Crippen LogP) is 12.2. The Hall–Kier alpha value is -6.88. The van der Waals surface area contributed by atoms with E-state index in [1.54, 1.807) is 0 Å². The van der Waals surface area contributed by atoms with E-state index in [4.69, 9.17) is 0 Å². The van der Waals surface area contributed by atoms with Crippen LogP contribution in [-0.4, -0.2) is 9.13 Å². The van der Waals surface area contributed by atoms with Gasteiger partial charge in [-0.05, 0) is 124 Å². The molecule has 2 heterocycles. The Morgan fingerprint density at radius 1 is 0.385 bits per heavy atom. The van der Waals surface area contributed by atoms with Crippen LogP contribution in [0.4, 0.5) is 0 Å². The van der Waals surface area contributed by atoms with Crippen molar-refractivity contribution in [2.45, 2.75) is 27.7 Å². The summed E-state index contributed by atoms with van der Waals surface area (Å²) in [4.78, 5) is 0. The molecular formula is C48H34N4. The number of fused-ring (bicyclic) bond motifs is 6. The third-order valence-corrected chi connectivity index (χ3v) is 10.4. The molecule has 4 heteroatoms. The van der Waals surface area contributed by atoms with Crippen LogP contribution in [0.15, 0.2) is 133 Å². The largest absolute Gasteiger partial charge is 0.309 e. The van der Waals surface area contributed by atoms with Crippen molar-refractivity contribution in [3.8, 4) is 45.8 Å². The lowest BCUT2D eigenvalue weighted by Crippen LogP contribution is -2.05. The highest BCUT2D eigenvalue weighted by atomic mass is 15.0. The Morgan fingerprint density at radius 3 is 1.02 bits per heavy atom. The minimum atomic E-state index is 0.585. The highest BCUT2D eigenvalue weighted by Gasteiger charge is 2.25. The highest BCUT2D eigenvalue weighted by molar-refractivity contribution is 6.13. The normalized spacial score (nSPS) is 11.4. The molecule has 4 nitrogen and oxygen atoms in total. The van der Waals surface area contributed by atoms with Crippen LogP contribution in [0, 0.1) is 50.4 Å². The number of aryl methyl sites for hydroxylation is 4. The molecule has 0 fully saturated rings. The van der Waals surface area contributed by atoms with E-state index in [9.17, 15) is 10.5 Å². The van der Waals surface area contributed by atoms with Crippen molar-refractivity contribution in [2.24, 2.45) is 0 Å². The molecule has 2 aromatic heterocycles. The Labute approximate surface area is 302 Å². The maximum absolute atomic E-state index is 10.1. The summed E-state index contributed by atoms with van der Waals surface area (Å²) in [5, 5.41) is 25.1. The van der Waals surface area contributed by atoms with Crippen LogP contribution in [-0.2, 0) is 0 Å². The van der Waals surface area contributed by atoms with Gasteiger partial charge in [-0.1, -0.05) is 70.8 Å². The molecule has 9 rings (SSSR count). The van der Waals surface area contributed by atoms with Crippen LogP contribution < -0.4 is 0 Å². The van der Waals surface area contributed by atoms with Crippen molar-refractivity contribution >= 4 is 43.6 Å². The molecule has 0 aliphatic heterocycles. The van der Waals surface area contributed by atoms with E-state index in [0.717, 1.165) is 55.7 Å². The molecule has 246 valence electrons. The standard InChI is InChI=1S/C48H34N4/c1-29-11-15-41-37(21-29)38-22-30(2)12-16-42(38)51(41)45-19-20-46(52-43-17-13-31(3)23-39(43)40-24-32(4)14-18-44(40)52)48(36-10-6-8-34(26-36)28-50)47(45)35-9-5-7-33(25-35)27-49/h5-26H,1-4H3. The maximum atomic E-state index is 10.1. The summed E-state index contributed by atoms with van der Waals surface area (Å²) in [6.45, 7) is 8.56. The molecule has 0 aliphatic rings. The summed E-state index contributed by atoms with van der Waals surface area (Å²) in [5.74, 6) is 0.